The minimum atomic E-state index is -0.164. The van der Waals surface area contributed by atoms with Crippen LogP contribution in [0, 0.1) is 5.92 Å². The largest absolute Gasteiger partial charge is 0.351 e. The molecule has 0 radical (unpaired) electrons. The van der Waals surface area contributed by atoms with Crippen molar-refractivity contribution in [3.63, 3.8) is 0 Å². The highest BCUT2D eigenvalue weighted by Crippen LogP contribution is 2.23. The second kappa shape index (κ2) is 9.53. The van der Waals surface area contributed by atoms with E-state index < -0.39 is 0 Å². The number of nitrogens with two attached hydrogens (primary N) is 1. The Kier molecular flexibility index (Phi) is 6.55. The second-order valence-corrected chi connectivity index (χ2v) is 9.03. The highest BCUT2D eigenvalue weighted by molar-refractivity contribution is 6.02. The van der Waals surface area contributed by atoms with Crippen LogP contribution in [0.25, 0.3) is 5.52 Å². The number of carbonyl (C=O) groups is 2. The number of likely N-dealkylation sites (tertiary alicyclic amines) is 1. The topological polar surface area (TPSA) is 92.7 Å². The van der Waals surface area contributed by atoms with Crippen molar-refractivity contribution in [2.75, 3.05) is 19.6 Å². The summed E-state index contributed by atoms with van der Waals surface area (Å²) in [5.74, 6) is 0.445. The van der Waals surface area contributed by atoms with Crippen LogP contribution in [-0.4, -0.2) is 52.0 Å². The Morgan fingerprint density at radius 3 is 2.66 bits per heavy atom. The molecule has 0 spiro atoms. The van der Waals surface area contributed by atoms with Gasteiger partial charge in [0.15, 0.2) is 5.69 Å². The predicted molar refractivity (Wildman–Crippen MR) is 125 cm³/mol. The smallest absolute Gasteiger partial charge is 0.274 e. The molecular weight excluding hydrogens is 402 g/mol. The molecule has 1 aliphatic rings. The molecule has 1 aliphatic heterocycles. The van der Waals surface area contributed by atoms with Gasteiger partial charge in [0, 0.05) is 37.8 Å². The maximum Gasteiger partial charge on any atom is 0.274 e. The number of amides is 2. The van der Waals surface area contributed by atoms with Gasteiger partial charge >= 0.3 is 0 Å². The molecule has 0 aliphatic carbocycles. The van der Waals surface area contributed by atoms with Crippen LogP contribution in [-0.2, 0) is 0 Å². The van der Waals surface area contributed by atoms with E-state index in [9.17, 15) is 9.59 Å². The molecule has 1 fully saturated rings. The maximum atomic E-state index is 13.1. The Morgan fingerprint density at radius 1 is 1.19 bits per heavy atom. The number of benzene rings is 1. The zero-order valence-electron chi connectivity index (χ0n) is 18.7. The van der Waals surface area contributed by atoms with Crippen molar-refractivity contribution in [1.82, 2.24) is 19.8 Å². The molecule has 0 bridgehead atoms. The molecule has 2 aromatic heterocycles. The van der Waals surface area contributed by atoms with Crippen LogP contribution < -0.4 is 11.1 Å². The number of hydrogen-bond acceptors (Lipinski definition) is 4. The summed E-state index contributed by atoms with van der Waals surface area (Å²) in [5, 5.41) is 7.51. The van der Waals surface area contributed by atoms with Gasteiger partial charge in [-0.1, -0.05) is 44.2 Å². The first-order chi connectivity index (χ1) is 15.4. The van der Waals surface area contributed by atoms with Crippen molar-refractivity contribution in [1.29, 1.82) is 0 Å². The normalized spacial score (nSPS) is 17.1. The van der Waals surface area contributed by atoms with Gasteiger partial charge in [0.1, 0.15) is 0 Å². The monoisotopic (exact) mass is 433 g/mol. The van der Waals surface area contributed by atoms with Gasteiger partial charge in [-0.2, -0.15) is 5.10 Å². The van der Waals surface area contributed by atoms with E-state index in [0.29, 0.717) is 42.3 Å². The third-order valence-corrected chi connectivity index (χ3v) is 6.01. The number of fused-ring (bicyclic) bond motifs is 1. The molecule has 168 valence electrons. The van der Waals surface area contributed by atoms with E-state index in [-0.39, 0.29) is 23.8 Å². The van der Waals surface area contributed by atoms with Gasteiger partial charge in [0.2, 0.25) is 0 Å². The number of pyridine rings is 1. The van der Waals surface area contributed by atoms with E-state index in [4.69, 9.17) is 5.73 Å². The standard InChI is InChI=1S/C25H31N5O2/c1-17(2)13-19(18-7-4-3-5-8-18)15-27-24(31)21-9-6-11-30-23(21)14-22(28-30)25(32)29-12-10-20(26)16-29/h3-9,11,14,17,19-20H,10,12-13,15-16,26H2,1-2H3,(H,27,31)/t19?,20-/m1/s1. The number of nitrogens with one attached hydrogen (secondary N) is 1. The van der Waals surface area contributed by atoms with Crippen molar-refractivity contribution in [2.45, 2.75) is 38.6 Å². The van der Waals surface area contributed by atoms with E-state index in [1.165, 1.54) is 5.56 Å². The molecule has 2 amide bonds. The van der Waals surface area contributed by atoms with Crippen molar-refractivity contribution >= 4 is 17.3 Å². The number of hydrogen-bond donors (Lipinski definition) is 2. The van der Waals surface area contributed by atoms with Crippen LogP contribution in [0.4, 0.5) is 0 Å². The highest BCUT2D eigenvalue weighted by Gasteiger charge is 2.27. The van der Waals surface area contributed by atoms with Crippen LogP contribution in [0.2, 0.25) is 0 Å². The minimum Gasteiger partial charge on any atom is -0.351 e. The Labute approximate surface area is 188 Å². The summed E-state index contributed by atoms with van der Waals surface area (Å²) < 4.78 is 1.60. The van der Waals surface area contributed by atoms with Gasteiger partial charge in [0.05, 0.1) is 11.1 Å². The fraction of sp³-hybridized carbons (Fsp3) is 0.400. The third kappa shape index (κ3) is 4.83. The summed E-state index contributed by atoms with van der Waals surface area (Å²) in [6, 6.07) is 15.5. The molecule has 2 atom stereocenters. The summed E-state index contributed by atoms with van der Waals surface area (Å²) in [4.78, 5) is 27.6. The van der Waals surface area contributed by atoms with Crippen molar-refractivity contribution in [2.24, 2.45) is 11.7 Å². The lowest BCUT2D eigenvalue weighted by molar-refractivity contribution is 0.0784. The molecule has 0 saturated carbocycles. The first kappa shape index (κ1) is 22.0. The number of aromatic nitrogens is 2. The van der Waals surface area contributed by atoms with Gasteiger partial charge in [-0.3, -0.25) is 9.59 Å². The van der Waals surface area contributed by atoms with E-state index in [1.54, 1.807) is 33.8 Å². The zero-order valence-corrected chi connectivity index (χ0v) is 18.7. The van der Waals surface area contributed by atoms with Crippen LogP contribution >= 0.6 is 0 Å². The van der Waals surface area contributed by atoms with Crippen LogP contribution in [0.15, 0.2) is 54.7 Å². The summed E-state index contributed by atoms with van der Waals surface area (Å²) >= 11 is 0. The molecule has 7 nitrogen and oxygen atoms in total. The van der Waals surface area contributed by atoms with Crippen molar-refractivity contribution < 1.29 is 9.59 Å². The van der Waals surface area contributed by atoms with Crippen LogP contribution in [0.5, 0.6) is 0 Å². The van der Waals surface area contributed by atoms with Gasteiger partial charge in [-0.25, -0.2) is 4.52 Å². The third-order valence-electron chi connectivity index (χ3n) is 6.01. The molecule has 3 heterocycles. The molecule has 1 aromatic carbocycles. The maximum absolute atomic E-state index is 13.1. The summed E-state index contributed by atoms with van der Waals surface area (Å²) in [6.07, 6.45) is 3.54. The van der Waals surface area contributed by atoms with Gasteiger partial charge in [-0.05, 0) is 42.5 Å². The molecule has 32 heavy (non-hydrogen) atoms. The fourth-order valence-electron chi connectivity index (χ4n) is 4.39. The summed E-state index contributed by atoms with van der Waals surface area (Å²) in [7, 11) is 0. The SMILES string of the molecule is CC(C)CC(CNC(=O)c1cccn2nc(C(=O)N3CC[C@@H](N)C3)cc12)c1ccccc1. The van der Waals surface area contributed by atoms with Crippen molar-refractivity contribution in [3.05, 3.63) is 71.5 Å². The van der Waals surface area contributed by atoms with E-state index in [2.05, 4.69) is 36.4 Å². The number of rotatable bonds is 7. The lowest BCUT2D eigenvalue weighted by Gasteiger charge is -2.20. The zero-order chi connectivity index (χ0) is 22.7. The quantitative estimate of drug-likeness (QED) is 0.599. The highest BCUT2D eigenvalue weighted by atomic mass is 16.2. The first-order valence-electron chi connectivity index (χ1n) is 11.3. The van der Waals surface area contributed by atoms with Crippen LogP contribution in [0.3, 0.4) is 0 Å². The average Bonchev–Trinajstić information content (AvgIpc) is 3.42. The van der Waals surface area contributed by atoms with Gasteiger partial charge < -0.3 is 16.0 Å². The average molecular weight is 434 g/mol. The molecule has 7 heteroatoms. The summed E-state index contributed by atoms with van der Waals surface area (Å²) in [6.45, 7) is 6.11. The molecule has 4 rings (SSSR count). The molecule has 3 aromatic rings. The Morgan fingerprint density at radius 2 is 1.97 bits per heavy atom. The summed E-state index contributed by atoms with van der Waals surface area (Å²) in [5.41, 5.74) is 8.62. The lowest BCUT2D eigenvalue weighted by atomic mass is 9.90. The van der Waals surface area contributed by atoms with E-state index in [1.807, 2.05) is 18.2 Å². The Hall–Kier alpha value is -3.19. The van der Waals surface area contributed by atoms with E-state index in [0.717, 1.165) is 12.8 Å². The van der Waals surface area contributed by atoms with Crippen molar-refractivity contribution in [3.8, 4) is 0 Å². The lowest BCUT2D eigenvalue weighted by Crippen LogP contribution is -2.32. The molecular formula is C25H31N5O2. The molecule has 1 unspecified atom stereocenters. The Bertz CT molecular complexity index is 1090. The van der Waals surface area contributed by atoms with Gasteiger partial charge in [0.25, 0.3) is 11.8 Å². The first-order valence-corrected chi connectivity index (χ1v) is 11.3. The minimum absolute atomic E-state index is 0.0146. The number of nitrogens with zero attached hydrogens (tertiary/aromatic N) is 3. The fourth-order valence-corrected chi connectivity index (χ4v) is 4.39. The molecule has 3 N–H and O–H groups in total. The molecule has 1 saturated heterocycles. The Balaban J connectivity index is 1.51. The predicted octanol–water partition coefficient (Wildman–Crippen LogP) is 3.07. The second-order valence-electron chi connectivity index (χ2n) is 9.03. The van der Waals surface area contributed by atoms with Gasteiger partial charge in [-0.15, -0.1) is 0 Å². The van der Waals surface area contributed by atoms with Crippen LogP contribution in [0.1, 0.15) is 59.0 Å². The van der Waals surface area contributed by atoms with E-state index >= 15 is 0 Å². The number of carbonyl (C=O) groups excluding carboxylic acids is 2.